The summed E-state index contributed by atoms with van der Waals surface area (Å²) in [6, 6.07) is 6.70. The van der Waals surface area contributed by atoms with Gasteiger partial charge in [-0.25, -0.2) is 0 Å². The lowest BCUT2D eigenvalue weighted by Gasteiger charge is -2.26. The molecule has 1 amide bonds. The van der Waals surface area contributed by atoms with Crippen LogP contribution < -0.4 is 10.5 Å². The van der Waals surface area contributed by atoms with Crippen molar-refractivity contribution in [3.05, 3.63) is 29.3 Å². The number of carbonyl (C=O) groups excluding carboxylic acids is 1. The molecule has 0 atom stereocenters. The quantitative estimate of drug-likeness (QED) is 0.833. The van der Waals surface area contributed by atoms with E-state index < -0.39 is 5.91 Å². The zero-order valence-corrected chi connectivity index (χ0v) is 8.77. The molecule has 1 aromatic rings. The molecule has 4 heteroatoms. The van der Waals surface area contributed by atoms with Gasteiger partial charge in [-0.05, 0) is 37.5 Å². The van der Waals surface area contributed by atoms with E-state index in [-0.39, 0.29) is 6.10 Å². The van der Waals surface area contributed by atoms with Gasteiger partial charge in [-0.1, -0.05) is 0 Å². The number of amides is 1. The fourth-order valence-corrected chi connectivity index (χ4v) is 1.54. The first-order valence-electron chi connectivity index (χ1n) is 5.21. The largest absolute Gasteiger partial charge is 0.489 e. The zero-order valence-electron chi connectivity index (χ0n) is 8.77. The summed E-state index contributed by atoms with van der Waals surface area (Å²) in [4.78, 5) is 10.9. The van der Waals surface area contributed by atoms with Crippen LogP contribution in [0.25, 0.3) is 0 Å². The molecule has 0 radical (unpaired) electrons. The van der Waals surface area contributed by atoms with Crippen molar-refractivity contribution in [2.45, 2.75) is 25.4 Å². The molecule has 0 unspecified atom stereocenters. The van der Waals surface area contributed by atoms with Crippen molar-refractivity contribution in [3.8, 4) is 11.8 Å². The molecule has 0 heterocycles. The van der Waals surface area contributed by atoms with Crippen LogP contribution in [0, 0.1) is 11.3 Å². The first-order valence-corrected chi connectivity index (χ1v) is 5.21. The van der Waals surface area contributed by atoms with Gasteiger partial charge in [0, 0.05) is 5.56 Å². The first kappa shape index (κ1) is 10.5. The Kier molecular flexibility index (Phi) is 2.78. The topological polar surface area (TPSA) is 76.1 Å². The first-order chi connectivity index (χ1) is 7.70. The molecule has 2 N–H and O–H groups in total. The second kappa shape index (κ2) is 4.23. The third-order valence-electron chi connectivity index (χ3n) is 2.73. The second-order valence-corrected chi connectivity index (χ2v) is 3.86. The van der Waals surface area contributed by atoms with Crippen LogP contribution in [-0.4, -0.2) is 12.0 Å². The van der Waals surface area contributed by atoms with Crippen LogP contribution in [0.2, 0.25) is 0 Å². The minimum atomic E-state index is -0.535. The van der Waals surface area contributed by atoms with E-state index in [1.807, 2.05) is 6.07 Å². The van der Waals surface area contributed by atoms with Gasteiger partial charge >= 0.3 is 0 Å². The van der Waals surface area contributed by atoms with E-state index in [1.54, 1.807) is 12.1 Å². The molecule has 4 nitrogen and oxygen atoms in total. The lowest BCUT2D eigenvalue weighted by atomic mass is 9.96. The molecule has 1 aliphatic carbocycles. The maximum atomic E-state index is 10.9. The third-order valence-corrected chi connectivity index (χ3v) is 2.73. The Labute approximate surface area is 93.6 Å². The van der Waals surface area contributed by atoms with Gasteiger partial charge in [-0.15, -0.1) is 0 Å². The van der Waals surface area contributed by atoms with E-state index in [2.05, 4.69) is 0 Å². The Bertz CT molecular complexity index is 459. The normalized spacial score (nSPS) is 14.9. The smallest absolute Gasteiger partial charge is 0.248 e. The number of benzene rings is 1. The van der Waals surface area contributed by atoms with Gasteiger partial charge < -0.3 is 10.5 Å². The minimum absolute atomic E-state index is 0.214. The number of ether oxygens (including phenoxy) is 1. The number of hydrogen-bond acceptors (Lipinski definition) is 3. The van der Waals surface area contributed by atoms with E-state index in [0.29, 0.717) is 16.9 Å². The highest BCUT2D eigenvalue weighted by Gasteiger charge is 2.20. The lowest BCUT2D eigenvalue weighted by Crippen LogP contribution is -2.25. The predicted octanol–water partition coefficient (Wildman–Crippen LogP) is 1.59. The van der Waals surface area contributed by atoms with Crippen LogP contribution in [-0.2, 0) is 0 Å². The monoisotopic (exact) mass is 216 g/mol. The van der Waals surface area contributed by atoms with Crippen molar-refractivity contribution in [1.82, 2.24) is 0 Å². The van der Waals surface area contributed by atoms with E-state index in [1.165, 1.54) is 12.5 Å². The summed E-state index contributed by atoms with van der Waals surface area (Å²) >= 11 is 0. The van der Waals surface area contributed by atoms with Gasteiger partial charge in [0.2, 0.25) is 5.91 Å². The summed E-state index contributed by atoms with van der Waals surface area (Å²) in [5.74, 6) is 0.00361. The van der Waals surface area contributed by atoms with Crippen LogP contribution in [0.5, 0.6) is 5.75 Å². The molecule has 1 aliphatic rings. The van der Waals surface area contributed by atoms with Crippen LogP contribution in [0.1, 0.15) is 35.2 Å². The number of hydrogen-bond donors (Lipinski definition) is 1. The number of nitriles is 1. The molecule has 0 bridgehead atoms. The fourth-order valence-electron chi connectivity index (χ4n) is 1.54. The van der Waals surface area contributed by atoms with Gasteiger partial charge in [-0.2, -0.15) is 5.26 Å². The molecule has 0 aliphatic heterocycles. The molecular weight excluding hydrogens is 204 g/mol. The van der Waals surface area contributed by atoms with Crippen molar-refractivity contribution < 1.29 is 9.53 Å². The van der Waals surface area contributed by atoms with Crippen molar-refractivity contribution in [1.29, 1.82) is 5.26 Å². The summed E-state index contributed by atoms with van der Waals surface area (Å²) in [5.41, 5.74) is 5.83. The van der Waals surface area contributed by atoms with E-state index >= 15 is 0 Å². The molecule has 82 valence electrons. The predicted molar refractivity (Wildman–Crippen MR) is 57.9 cm³/mol. The number of nitrogens with two attached hydrogens (primary N) is 1. The summed E-state index contributed by atoms with van der Waals surface area (Å²) < 4.78 is 5.63. The lowest BCUT2D eigenvalue weighted by molar-refractivity contribution is 0.1000. The number of carbonyl (C=O) groups is 1. The van der Waals surface area contributed by atoms with Gasteiger partial charge in [0.05, 0.1) is 11.7 Å². The Balaban J connectivity index is 2.24. The maximum absolute atomic E-state index is 10.9. The van der Waals surface area contributed by atoms with Crippen LogP contribution in [0.4, 0.5) is 0 Å². The van der Waals surface area contributed by atoms with Crippen molar-refractivity contribution in [2.24, 2.45) is 5.73 Å². The number of rotatable bonds is 3. The minimum Gasteiger partial charge on any atom is -0.489 e. The third kappa shape index (κ3) is 1.98. The number of primary amides is 1. The summed E-state index contributed by atoms with van der Waals surface area (Å²) in [5, 5.41) is 8.95. The zero-order chi connectivity index (χ0) is 11.5. The second-order valence-electron chi connectivity index (χ2n) is 3.86. The van der Waals surface area contributed by atoms with Gasteiger partial charge in [0.15, 0.2) is 0 Å². The Morgan fingerprint density at radius 2 is 2.25 bits per heavy atom. The molecule has 1 fully saturated rings. The average molecular weight is 216 g/mol. The SMILES string of the molecule is N#Cc1cc(C(N)=O)ccc1OC1CCC1. The highest BCUT2D eigenvalue weighted by atomic mass is 16.5. The van der Waals surface area contributed by atoms with Gasteiger partial charge in [0.25, 0.3) is 0 Å². The van der Waals surface area contributed by atoms with Crippen LogP contribution >= 0.6 is 0 Å². The molecule has 1 saturated carbocycles. The van der Waals surface area contributed by atoms with E-state index in [0.717, 1.165) is 12.8 Å². The Hall–Kier alpha value is -2.02. The Morgan fingerprint density at radius 1 is 1.50 bits per heavy atom. The molecule has 1 aromatic carbocycles. The standard InChI is InChI=1S/C12H12N2O2/c13-7-9-6-8(12(14)15)4-5-11(9)16-10-2-1-3-10/h4-6,10H,1-3H2,(H2,14,15). The molecular formula is C12H12N2O2. The van der Waals surface area contributed by atoms with Crippen LogP contribution in [0.15, 0.2) is 18.2 Å². The Morgan fingerprint density at radius 3 is 2.75 bits per heavy atom. The summed E-state index contributed by atoms with van der Waals surface area (Å²) in [6.07, 6.45) is 3.45. The molecule has 0 saturated heterocycles. The molecule has 16 heavy (non-hydrogen) atoms. The van der Waals surface area contributed by atoms with Crippen molar-refractivity contribution in [3.63, 3.8) is 0 Å². The fraction of sp³-hybridized carbons (Fsp3) is 0.333. The average Bonchev–Trinajstić information content (AvgIpc) is 2.23. The maximum Gasteiger partial charge on any atom is 0.248 e. The van der Waals surface area contributed by atoms with Crippen molar-refractivity contribution >= 4 is 5.91 Å². The number of nitrogens with zero attached hydrogens (tertiary/aromatic N) is 1. The van der Waals surface area contributed by atoms with Gasteiger partial charge in [0.1, 0.15) is 11.8 Å². The molecule has 0 aromatic heterocycles. The summed E-state index contributed by atoms with van der Waals surface area (Å²) in [7, 11) is 0. The van der Waals surface area contributed by atoms with Gasteiger partial charge in [-0.3, -0.25) is 4.79 Å². The highest BCUT2D eigenvalue weighted by Crippen LogP contribution is 2.27. The van der Waals surface area contributed by atoms with E-state index in [9.17, 15) is 4.79 Å². The molecule has 0 spiro atoms. The van der Waals surface area contributed by atoms with Crippen molar-refractivity contribution in [2.75, 3.05) is 0 Å². The highest BCUT2D eigenvalue weighted by molar-refractivity contribution is 5.93. The van der Waals surface area contributed by atoms with Crippen LogP contribution in [0.3, 0.4) is 0 Å². The van der Waals surface area contributed by atoms with E-state index in [4.69, 9.17) is 15.7 Å². The molecule has 2 rings (SSSR count). The summed E-state index contributed by atoms with van der Waals surface area (Å²) in [6.45, 7) is 0.